The van der Waals surface area contributed by atoms with Crippen LogP contribution in [0.4, 0.5) is 5.69 Å². The summed E-state index contributed by atoms with van der Waals surface area (Å²) in [5.74, 6) is 0.683. The van der Waals surface area contributed by atoms with Crippen LogP contribution in [0.5, 0.6) is 5.75 Å². The number of rotatable bonds is 6. The predicted octanol–water partition coefficient (Wildman–Crippen LogP) is 3.39. The molecule has 0 unspecified atom stereocenters. The van der Waals surface area contributed by atoms with Crippen LogP contribution in [0.2, 0.25) is 5.02 Å². The summed E-state index contributed by atoms with van der Waals surface area (Å²) in [7, 11) is 1.74. The molecule has 0 aliphatic carbocycles. The van der Waals surface area contributed by atoms with E-state index in [0.29, 0.717) is 11.6 Å². The molecular weight excluding hydrogens is 300 g/mol. The molecule has 0 fully saturated rings. The van der Waals surface area contributed by atoms with Crippen molar-refractivity contribution in [2.75, 3.05) is 18.9 Å². The van der Waals surface area contributed by atoms with E-state index in [1.54, 1.807) is 7.05 Å². The molecule has 0 spiro atoms. The Morgan fingerprint density at radius 3 is 2.73 bits per heavy atom. The van der Waals surface area contributed by atoms with E-state index in [4.69, 9.17) is 16.3 Å². The molecule has 5 heteroatoms. The Labute approximate surface area is 135 Å². The highest BCUT2D eigenvalue weighted by Crippen LogP contribution is 2.22. The van der Waals surface area contributed by atoms with E-state index in [9.17, 15) is 4.79 Å². The van der Waals surface area contributed by atoms with Gasteiger partial charge in [0, 0.05) is 10.7 Å². The van der Waals surface area contributed by atoms with Crippen molar-refractivity contribution >= 4 is 23.2 Å². The number of carbonyl (C=O) groups is 1. The Bertz CT molecular complexity index is 659. The molecule has 2 aromatic rings. The molecule has 0 heterocycles. The van der Waals surface area contributed by atoms with Gasteiger partial charge in [-0.05, 0) is 55.4 Å². The molecule has 0 radical (unpaired) electrons. The third-order valence-electron chi connectivity index (χ3n) is 3.10. The zero-order chi connectivity index (χ0) is 15.9. The second-order valence-electron chi connectivity index (χ2n) is 4.97. The van der Waals surface area contributed by atoms with Crippen molar-refractivity contribution in [1.29, 1.82) is 0 Å². The summed E-state index contributed by atoms with van der Waals surface area (Å²) >= 11 is 5.95. The molecular formula is C17H19ClN2O2. The van der Waals surface area contributed by atoms with Gasteiger partial charge in [0.2, 0.25) is 5.91 Å². The average Bonchev–Trinajstić information content (AvgIpc) is 2.48. The molecule has 2 rings (SSSR count). The van der Waals surface area contributed by atoms with Crippen LogP contribution in [-0.2, 0) is 11.4 Å². The third-order valence-corrected chi connectivity index (χ3v) is 3.34. The number of likely N-dealkylation sites (N-methyl/N-ethyl adjacent to an activating group) is 1. The Kier molecular flexibility index (Phi) is 5.81. The van der Waals surface area contributed by atoms with Crippen LogP contribution in [0, 0.1) is 6.92 Å². The zero-order valence-electron chi connectivity index (χ0n) is 12.7. The van der Waals surface area contributed by atoms with Gasteiger partial charge in [0.15, 0.2) is 0 Å². The summed E-state index contributed by atoms with van der Waals surface area (Å²) in [6.07, 6.45) is 0. The third kappa shape index (κ3) is 4.76. The minimum absolute atomic E-state index is 0.0711. The van der Waals surface area contributed by atoms with Crippen molar-refractivity contribution in [2.24, 2.45) is 0 Å². The maximum absolute atomic E-state index is 11.6. The number of ether oxygens (including phenoxy) is 1. The lowest BCUT2D eigenvalue weighted by Gasteiger charge is -2.11. The SMILES string of the molecule is CNCC(=O)Nc1ccc(OCc2cccc(Cl)c2)cc1C. The highest BCUT2D eigenvalue weighted by molar-refractivity contribution is 6.30. The van der Waals surface area contributed by atoms with Gasteiger partial charge in [-0.15, -0.1) is 0 Å². The molecule has 2 aromatic carbocycles. The number of amides is 1. The Balaban J connectivity index is 1.98. The fraction of sp³-hybridized carbons (Fsp3) is 0.235. The smallest absolute Gasteiger partial charge is 0.238 e. The van der Waals surface area contributed by atoms with Gasteiger partial charge < -0.3 is 15.4 Å². The summed E-state index contributed by atoms with van der Waals surface area (Å²) in [6, 6.07) is 13.2. The largest absolute Gasteiger partial charge is 0.489 e. The molecule has 0 atom stereocenters. The maximum Gasteiger partial charge on any atom is 0.238 e. The van der Waals surface area contributed by atoms with Crippen LogP contribution in [0.3, 0.4) is 0 Å². The number of carbonyl (C=O) groups excluding carboxylic acids is 1. The first kappa shape index (κ1) is 16.3. The lowest BCUT2D eigenvalue weighted by atomic mass is 10.2. The Hall–Kier alpha value is -2.04. The molecule has 0 aromatic heterocycles. The molecule has 2 N–H and O–H groups in total. The molecule has 0 saturated carbocycles. The molecule has 0 aliphatic heterocycles. The van der Waals surface area contributed by atoms with E-state index < -0.39 is 0 Å². The molecule has 4 nitrogen and oxygen atoms in total. The van der Waals surface area contributed by atoms with Crippen molar-refractivity contribution in [3.05, 3.63) is 58.6 Å². The fourth-order valence-electron chi connectivity index (χ4n) is 2.01. The Morgan fingerprint density at radius 2 is 2.05 bits per heavy atom. The molecule has 0 aliphatic rings. The van der Waals surface area contributed by atoms with E-state index >= 15 is 0 Å². The maximum atomic E-state index is 11.6. The number of hydrogen-bond acceptors (Lipinski definition) is 3. The summed E-state index contributed by atoms with van der Waals surface area (Å²) in [5.41, 5.74) is 2.75. The zero-order valence-corrected chi connectivity index (χ0v) is 13.4. The molecule has 22 heavy (non-hydrogen) atoms. The quantitative estimate of drug-likeness (QED) is 0.858. The van der Waals surface area contributed by atoms with E-state index in [2.05, 4.69) is 10.6 Å². The Morgan fingerprint density at radius 1 is 1.23 bits per heavy atom. The van der Waals surface area contributed by atoms with Gasteiger partial charge in [0.1, 0.15) is 12.4 Å². The van der Waals surface area contributed by atoms with Gasteiger partial charge in [-0.1, -0.05) is 23.7 Å². The topological polar surface area (TPSA) is 50.4 Å². The van der Waals surface area contributed by atoms with Gasteiger partial charge in [-0.3, -0.25) is 4.79 Å². The standard InChI is InChI=1S/C17H19ClN2O2/c1-12-8-15(6-7-16(12)20-17(21)10-19-2)22-11-13-4-3-5-14(18)9-13/h3-9,19H,10-11H2,1-2H3,(H,20,21). The summed E-state index contributed by atoms with van der Waals surface area (Å²) in [5, 5.41) is 6.35. The highest BCUT2D eigenvalue weighted by Gasteiger charge is 2.05. The van der Waals surface area contributed by atoms with Gasteiger partial charge in [-0.2, -0.15) is 0 Å². The highest BCUT2D eigenvalue weighted by atomic mass is 35.5. The van der Waals surface area contributed by atoms with E-state index in [0.717, 1.165) is 22.6 Å². The van der Waals surface area contributed by atoms with Crippen LogP contribution >= 0.6 is 11.6 Å². The van der Waals surface area contributed by atoms with Crippen molar-refractivity contribution in [1.82, 2.24) is 5.32 Å². The average molecular weight is 319 g/mol. The first-order valence-corrected chi connectivity index (χ1v) is 7.38. The fourth-order valence-corrected chi connectivity index (χ4v) is 2.23. The van der Waals surface area contributed by atoms with Crippen LogP contribution in [-0.4, -0.2) is 19.5 Å². The van der Waals surface area contributed by atoms with Gasteiger partial charge >= 0.3 is 0 Å². The van der Waals surface area contributed by atoms with E-state index in [-0.39, 0.29) is 12.5 Å². The molecule has 0 saturated heterocycles. The van der Waals surface area contributed by atoms with Crippen LogP contribution in [0.1, 0.15) is 11.1 Å². The van der Waals surface area contributed by atoms with Crippen molar-refractivity contribution < 1.29 is 9.53 Å². The number of halogens is 1. The van der Waals surface area contributed by atoms with Crippen molar-refractivity contribution in [3.63, 3.8) is 0 Å². The van der Waals surface area contributed by atoms with Crippen molar-refractivity contribution in [2.45, 2.75) is 13.5 Å². The van der Waals surface area contributed by atoms with Crippen molar-refractivity contribution in [3.8, 4) is 5.75 Å². The second-order valence-corrected chi connectivity index (χ2v) is 5.41. The molecule has 1 amide bonds. The van der Waals surface area contributed by atoms with E-state index in [1.807, 2.05) is 49.4 Å². The predicted molar refractivity (Wildman–Crippen MR) is 89.5 cm³/mol. The number of benzene rings is 2. The number of hydrogen-bond donors (Lipinski definition) is 2. The summed E-state index contributed by atoms with van der Waals surface area (Å²) in [4.78, 5) is 11.6. The van der Waals surface area contributed by atoms with Crippen LogP contribution < -0.4 is 15.4 Å². The lowest BCUT2D eigenvalue weighted by molar-refractivity contribution is -0.115. The molecule has 116 valence electrons. The number of nitrogens with one attached hydrogen (secondary N) is 2. The van der Waals surface area contributed by atoms with E-state index in [1.165, 1.54) is 0 Å². The normalized spacial score (nSPS) is 10.3. The van der Waals surface area contributed by atoms with Crippen LogP contribution in [0.15, 0.2) is 42.5 Å². The number of aryl methyl sites for hydroxylation is 1. The van der Waals surface area contributed by atoms with Crippen LogP contribution in [0.25, 0.3) is 0 Å². The summed E-state index contributed by atoms with van der Waals surface area (Å²) < 4.78 is 5.75. The minimum atomic E-state index is -0.0711. The second kappa shape index (κ2) is 7.82. The van der Waals surface area contributed by atoms with Gasteiger partial charge in [0.05, 0.1) is 6.54 Å². The minimum Gasteiger partial charge on any atom is -0.489 e. The van der Waals surface area contributed by atoms with Gasteiger partial charge in [0.25, 0.3) is 0 Å². The monoisotopic (exact) mass is 318 g/mol. The first-order valence-electron chi connectivity index (χ1n) is 7.01. The lowest BCUT2D eigenvalue weighted by Crippen LogP contribution is -2.25. The molecule has 0 bridgehead atoms. The first-order chi connectivity index (χ1) is 10.6. The summed E-state index contributed by atoms with van der Waals surface area (Å²) in [6.45, 7) is 2.67. The number of anilines is 1. The van der Waals surface area contributed by atoms with Gasteiger partial charge in [-0.25, -0.2) is 0 Å².